The molecular weight excluding hydrogens is 332 g/mol. The lowest BCUT2D eigenvalue weighted by Gasteiger charge is -2.38. The van der Waals surface area contributed by atoms with Crippen molar-refractivity contribution in [1.29, 1.82) is 0 Å². The van der Waals surface area contributed by atoms with Gasteiger partial charge in [0.25, 0.3) is 0 Å². The van der Waals surface area contributed by atoms with Gasteiger partial charge in [0.2, 0.25) is 11.8 Å². The van der Waals surface area contributed by atoms with Gasteiger partial charge in [-0.25, -0.2) is 0 Å². The first kappa shape index (κ1) is 18.5. The molecule has 7 nitrogen and oxygen atoms in total. The molecule has 0 aromatic heterocycles. The SMILES string of the molecule is COc1ccccc1N1CCN(CC(=O)N2CCN(C(C)=O)CC2)CC1. The van der Waals surface area contributed by atoms with E-state index in [2.05, 4.69) is 15.9 Å². The fourth-order valence-corrected chi connectivity index (χ4v) is 3.60. The molecule has 1 aromatic rings. The standard InChI is InChI=1S/C19H28N4O3/c1-16(24)21-11-13-23(14-12-21)19(25)15-20-7-9-22(10-8-20)17-5-3-4-6-18(17)26-2/h3-6H,7-15H2,1-2H3. The number of ether oxygens (including phenoxy) is 1. The van der Waals surface area contributed by atoms with Crippen LogP contribution in [0.4, 0.5) is 5.69 Å². The van der Waals surface area contributed by atoms with Gasteiger partial charge in [0, 0.05) is 59.3 Å². The highest BCUT2D eigenvalue weighted by molar-refractivity contribution is 5.79. The number of anilines is 1. The second kappa shape index (κ2) is 8.40. The fraction of sp³-hybridized carbons (Fsp3) is 0.579. The lowest BCUT2D eigenvalue weighted by atomic mass is 10.2. The molecule has 26 heavy (non-hydrogen) atoms. The predicted octanol–water partition coefficient (Wildman–Crippen LogP) is 0.508. The maximum atomic E-state index is 12.5. The number of amides is 2. The maximum absolute atomic E-state index is 12.5. The minimum Gasteiger partial charge on any atom is -0.495 e. The molecular formula is C19H28N4O3. The van der Waals surface area contributed by atoms with Gasteiger partial charge in [-0.15, -0.1) is 0 Å². The molecule has 2 fully saturated rings. The minimum atomic E-state index is 0.0876. The molecule has 2 amide bonds. The summed E-state index contributed by atoms with van der Waals surface area (Å²) in [5, 5.41) is 0. The Morgan fingerprint density at radius 3 is 2.15 bits per heavy atom. The number of hydrogen-bond donors (Lipinski definition) is 0. The summed E-state index contributed by atoms with van der Waals surface area (Å²) >= 11 is 0. The van der Waals surface area contributed by atoms with Crippen molar-refractivity contribution in [3.05, 3.63) is 24.3 Å². The second-order valence-corrected chi connectivity index (χ2v) is 6.82. The highest BCUT2D eigenvalue weighted by Gasteiger charge is 2.26. The molecule has 0 N–H and O–H groups in total. The van der Waals surface area contributed by atoms with E-state index in [4.69, 9.17) is 4.74 Å². The van der Waals surface area contributed by atoms with Gasteiger partial charge < -0.3 is 19.4 Å². The van der Waals surface area contributed by atoms with Gasteiger partial charge in [0.1, 0.15) is 5.75 Å². The average molecular weight is 360 g/mol. The minimum absolute atomic E-state index is 0.0876. The van der Waals surface area contributed by atoms with Crippen LogP contribution in [-0.4, -0.2) is 92.5 Å². The number of nitrogens with zero attached hydrogens (tertiary/aromatic N) is 4. The summed E-state index contributed by atoms with van der Waals surface area (Å²) in [6, 6.07) is 8.05. The van der Waals surface area contributed by atoms with E-state index in [9.17, 15) is 9.59 Å². The molecule has 2 aliphatic heterocycles. The molecule has 3 rings (SSSR count). The van der Waals surface area contributed by atoms with Crippen LogP contribution in [-0.2, 0) is 9.59 Å². The molecule has 0 radical (unpaired) electrons. The smallest absolute Gasteiger partial charge is 0.236 e. The topological polar surface area (TPSA) is 56.3 Å². The number of carbonyl (C=O) groups is 2. The van der Waals surface area contributed by atoms with Gasteiger partial charge in [-0.1, -0.05) is 12.1 Å². The summed E-state index contributed by atoms with van der Waals surface area (Å²) in [6.45, 7) is 8.08. The Bertz CT molecular complexity index is 635. The van der Waals surface area contributed by atoms with E-state index in [-0.39, 0.29) is 11.8 Å². The monoisotopic (exact) mass is 360 g/mol. The Hall–Kier alpha value is -2.28. The normalized spacial score (nSPS) is 18.8. The zero-order valence-electron chi connectivity index (χ0n) is 15.7. The van der Waals surface area contributed by atoms with Crippen molar-refractivity contribution in [1.82, 2.24) is 14.7 Å². The zero-order valence-corrected chi connectivity index (χ0v) is 15.7. The first-order chi connectivity index (χ1) is 12.6. The zero-order chi connectivity index (χ0) is 18.5. The van der Waals surface area contributed by atoms with Crippen molar-refractivity contribution in [3.63, 3.8) is 0 Å². The quantitative estimate of drug-likeness (QED) is 0.783. The number of hydrogen-bond acceptors (Lipinski definition) is 5. The maximum Gasteiger partial charge on any atom is 0.236 e. The van der Waals surface area contributed by atoms with Crippen LogP contribution in [0.15, 0.2) is 24.3 Å². The lowest BCUT2D eigenvalue weighted by Crippen LogP contribution is -2.54. The largest absolute Gasteiger partial charge is 0.495 e. The van der Waals surface area contributed by atoms with Gasteiger partial charge >= 0.3 is 0 Å². The highest BCUT2D eigenvalue weighted by Crippen LogP contribution is 2.28. The first-order valence-electron chi connectivity index (χ1n) is 9.22. The van der Waals surface area contributed by atoms with E-state index in [0.717, 1.165) is 37.6 Å². The highest BCUT2D eigenvalue weighted by atomic mass is 16.5. The van der Waals surface area contributed by atoms with Crippen molar-refractivity contribution in [3.8, 4) is 5.75 Å². The lowest BCUT2D eigenvalue weighted by molar-refractivity contribution is -0.139. The van der Waals surface area contributed by atoms with Crippen LogP contribution < -0.4 is 9.64 Å². The summed E-state index contributed by atoms with van der Waals surface area (Å²) < 4.78 is 5.45. The second-order valence-electron chi connectivity index (χ2n) is 6.82. The van der Waals surface area contributed by atoms with Crippen LogP contribution in [0.25, 0.3) is 0 Å². The Kier molecular flexibility index (Phi) is 5.98. The van der Waals surface area contributed by atoms with Crippen molar-refractivity contribution in [2.24, 2.45) is 0 Å². The van der Waals surface area contributed by atoms with Gasteiger partial charge in [-0.05, 0) is 12.1 Å². The molecule has 0 unspecified atom stereocenters. The van der Waals surface area contributed by atoms with E-state index in [1.807, 2.05) is 23.1 Å². The summed E-state index contributed by atoms with van der Waals surface area (Å²) in [6.07, 6.45) is 0. The average Bonchev–Trinajstić information content (AvgIpc) is 2.68. The molecule has 2 heterocycles. The Morgan fingerprint density at radius 2 is 1.54 bits per heavy atom. The van der Waals surface area contributed by atoms with E-state index < -0.39 is 0 Å². The molecule has 142 valence electrons. The Balaban J connectivity index is 1.47. The van der Waals surface area contributed by atoms with Crippen molar-refractivity contribution < 1.29 is 14.3 Å². The van der Waals surface area contributed by atoms with Crippen LogP contribution in [0.5, 0.6) is 5.75 Å². The summed E-state index contributed by atoms with van der Waals surface area (Å²) in [5.41, 5.74) is 1.11. The molecule has 0 spiro atoms. The van der Waals surface area contributed by atoms with E-state index >= 15 is 0 Å². The third kappa shape index (κ3) is 4.27. The third-order valence-electron chi connectivity index (χ3n) is 5.23. The summed E-state index contributed by atoms with van der Waals surface area (Å²) in [7, 11) is 1.69. The Labute approximate surface area is 155 Å². The van der Waals surface area contributed by atoms with E-state index in [0.29, 0.717) is 32.7 Å². The van der Waals surface area contributed by atoms with Crippen LogP contribution in [0.3, 0.4) is 0 Å². The van der Waals surface area contributed by atoms with E-state index in [1.165, 1.54) is 0 Å². The number of para-hydroxylation sites is 2. The number of benzene rings is 1. The van der Waals surface area contributed by atoms with Crippen molar-refractivity contribution in [2.45, 2.75) is 6.92 Å². The molecule has 0 aliphatic carbocycles. The molecule has 2 saturated heterocycles. The van der Waals surface area contributed by atoms with Crippen LogP contribution >= 0.6 is 0 Å². The van der Waals surface area contributed by atoms with Crippen LogP contribution in [0, 0.1) is 0 Å². The van der Waals surface area contributed by atoms with Gasteiger partial charge in [0.05, 0.1) is 19.3 Å². The molecule has 2 aliphatic rings. The van der Waals surface area contributed by atoms with Gasteiger partial charge in [-0.3, -0.25) is 14.5 Å². The molecule has 0 atom stereocenters. The molecule has 7 heteroatoms. The predicted molar refractivity (Wildman–Crippen MR) is 100 cm³/mol. The van der Waals surface area contributed by atoms with Crippen molar-refractivity contribution in [2.75, 3.05) is 70.9 Å². The number of piperazine rings is 2. The van der Waals surface area contributed by atoms with Crippen molar-refractivity contribution >= 4 is 17.5 Å². The van der Waals surface area contributed by atoms with Gasteiger partial charge in [-0.2, -0.15) is 0 Å². The third-order valence-corrected chi connectivity index (χ3v) is 5.23. The number of carbonyl (C=O) groups excluding carboxylic acids is 2. The first-order valence-corrected chi connectivity index (χ1v) is 9.22. The number of rotatable bonds is 4. The molecule has 1 aromatic carbocycles. The molecule has 0 saturated carbocycles. The van der Waals surface area contributed by atoms with Crippen LogP contribution in [0.1, 0.15) is 6.92 Å². The van der Waals surface area contributed by atoms with Crippen LogP contribution in [0.2, 0.25) is 0 Å². The van der Waals surface area contributed by atoms with Gasteiger partial charge in [0.15, 0.2) is 0 Å². The van der Waals surface area contributed by atoms with E-state index in [1.54, 1.807) is 18.9 Å². The molecule has 0 bridgehead atoms. The summed E-state index contributed by atoms with van der Waals surface area (Å²) in [4.78, 5) is 32.1. The Morgan fingerprint density at radius 1 is 0.923 bits per heavy atom. The summed E-state index contributed by atoms with van der Waals surface area (Å²) in [5.74, 6) is 1.14. The number of methoxy groups -OCH3 is 1. The fourth-order valence-electron chi connectivity index (χ4n) is 3.60.